The molecular formula is C14H23N3O3. The van der Waals surface area contributed by atoms with Crippen LogP contribution >= 0.6 is 0 Å². The van der Waals surface area contributed by atoms with Crippen LogP contribution in [0.5, 0.6) is 0 Å². The van der Waals surface area contributed by atoms with Gasteiger partial charge >= 0.3 is 6.03 Å². The molecule has 6 heteroatoms. The lowest BCUT2D eigenvalue weighted by molar-refractivity contribution is 0.179. The number of carbonyl (C=O) groups is 1. The van der Waals surface area contributed by atoms with Crippen LogP contribution in [-0.4, -0.2) is 43.4 Å². The van der Waals surface area contributed by atoms with Crippen LogP contribution in [0.1, 0.15) is 37.0 Å². The number of aryl methyl sites for hydroxylation is 1. The highest BCUT2D eigenvalue weighted by Crippen LogP contribution is 2.26. The molecule has 0 spiro atoms. The summed E-state index contributed by atoms with van der Waals surface area (Å²) in [5.74, 6) is 1.52. The molecule has 0 aliphatic heterocycles. The largest absolute Gasteiger partial charge is 0.385 e. The first-order chi connectivity index (χ1) is 9.72. The van der Waals surface area contributed by atoms with E-state index in [1.165, 1.54) is 6.42 Å². The van der Waals surface area contributed by atoms with Crippen molar-refractivity contribution < 1.29 is 14.1 Å². The fourth-order valence-corrected chi connectivity index (χ4v) is 2.40. The van der Waals surface area contributed by atoms with Gasteiger partial charge in [-0.3, -0.25) is 5.32 Å². The number of fused-ring (bicyclic) bond motifs is 1. The quantitative estimate of drug-likeness (QED) is 0.665. The fourth-order valence-electron chi connectivity index (χ4n) is 2.40. The van der Waals surface area contributed by atoms with Gasteiger partial charge in [-0.25, -0.2) is 4.79 Å². The van der Waals surface area contributed by atoms with Gasteiger partial charge in [0, 0.05) is 39.3 Å². The van der Waals surface area contributed by atoms with Crippen molar-refractivity contribution in [2.24, 2.45) is 0 Å². The molecule has 20 heavy (non-hydrogen) atoms. The topological polar surface area (TPSA) is 67.6 Å². The number of methoxy groups -OCH3 is 1. The summed E-state index contributed by atoms with van der Waals surface area (Å²) in [4.78, 5) is 13.7. The zero-order valence-electron chi connectivity index (χ0n) is 12.3. The number of aromatic nitrogens is 1. The summed E-state index contributed by atoms with van der Waals surface area (Å²) in [7, 11) is 3.43. The van der Waals surface area contributed by atoms with Crippen LogP contribution < -0.4 is 5.32 Å². The summed E-state index contributed by atoms with van der Waals surface area (Å²) in [5, 5.41) is 6.85. The number of carbonyl (C=O) groups excluding carboxylic acids is 1. The Balaban J connectivity index is 1.92. The number of rotatable bonds is 5. The van der Waals surface area contributed by atoms with Gasteiger partial charge in [0.1, 0.15) is 5.76 Å². The van der Waals surface area contributed by atoms with Gasteiger partial charge in [-0.15, -0.1) is 0 Å². The average molecular weight is 281 g/mol. The maximum Gasteiger partial charge on any atom is 0.322 e. The van der Waals surface area contributed by atoms with Crippen molar-refractivity contribution in [3.05, 3.63) is 11.3 Å². The Hall–Kier alpha value is -1.56. The van der Waals surface area contributed by atoms with Crippen LogP contribution in [0.2, 0.25) is 0 Å². The van der Waals surface area contributed by atoms with E-state index in [2.05, 4.69) is 10.5 Å². The molecule has 1 aliphatic rings. The molecule has 0 saturated heterocycles. The first-order valence-corrected chi connectivity index (χ1v) is 7.21. The van der Waals surface area contributed by atoms with Crippen LogP contribution in [0.15, 0.2) is 4.52 Å². The van der Waals surface area contributed by atoms with E-state index in [-0.39, 0.29) is 6.03 Å². The second-order valence-electron chi connectivity index (χ2n) is 5.19. The molecule has 0 atom stereocenters. The Bertz CT molecular complexity index is 445. The molecule has 0 saturated carbocycles. The summed E-state index contributed by atoms with van der Waals surface area (Å²) in [6.45, 7) is 1.30. The lowest BCUT2D eigenvalue weighted by Gasteiger charge is -2.17. The SMILES string of the molecule is COCCCN(C)C(=O)Nc1noc2c1CCCCC2. The van der Waals surface area contributed by atoms with Crippen LogP contribution in [0.3, 0.4) is 0 Å². The number of ether oxygens (including phenoxy) is 1. The smallest absolute Gasteiger partial charge is 0.322 e. The van der Waals surface area contributed by atoms with E-state index in [9.17, 15) is 4.79 Å². The molecule has 1 aromatic heterocycles. The van der Waals surface area contributed by atoms with Gasteiger partial charge in [-0.1, -0.05) is 11.6 Å². The zero-order chi connectivity index (χ0) is 14.4. The molecule has 1 aliphatic carbocycles. The van der Waals surface area contributed by atoms with Crippen molar-refractivity contribution in [2.45, 2.75) is 38.5 Å². The number of nitrogens with one attached hydrogen (secondary N) is 1. The minimum Gasteiger partial charge on any atom is -0.385 e. The molecule has 2 amide bonds. The molecule has 0 radical (unpaired) electrons. The van der Waals surface area contributed by atoms with E-state index in [1.807, 2.05) is 0 Å². The van der Waals surface area contributed by atoms with Gasteiger partial charge in [0.2, 0.25) is 0 Å². The fraction of sp³-hybridized carbons (Fsp3) is 0.714. The monoisotopic (exact) mass is 281 g/mol. The van der Waals surface area contributed by atoms with E-state index in [0.717, 1.165) is 43.4 Å². The Kier molecular flexibility index (Phi) is 5.40. The van der Waals surface area contributed by atoms with E-state index in [1.54, 1.807) is 19.1 Å². The number of hydrogen-bond acceptors (Lipinski definition) is 4. The van der Waals surface area contributed by atoms with Crippen LogP contribution in [0, 0.1) is 0 Å². The summed E-state index contributed by atoms with van der Waals surface area (Å²) in [6, 6.07) is -0.151. The third-order valence-corrected chi connectivity index (χ3v) is 3.61. The van der Waals surface area contributed by atoms with Crippen molar-refractivity contribution in [3.8, 4) is 0 Å². The van der Waals surface area contributed by atoms with Crippen molar-refractivity contribution in [1.29, 1.82) is 0 Å². The van der Waals surface area contributed by atoms with E-state index in [4.69, 9.17) is 9.26 Å². The maximum absolute atomic E-state index is 12.1. The minimum atomic E-state index is -0.151. The van der Waals surface area contributed by atoms with Gasteiger partial charge in [-0.2, -0.15) is 0 Å². The molecule has 1 aromatic rings. The molecule has 0 bridgehead atoms. The van der Waals surface area contributed by atoms with E-state index >= 15 is 0 Å². The summed E-state index contributed by atoms with van der Waals surface area (Å²) >= 11 is 0. The molecule has 1 heterocycles. The zero-order valence-corrected chi connectivity index (χ0v) is 12.3. The lowest BCUT2D eigenvalue weighted by atomic mass is 10.1. The van der Waals surface area contributed by atoms with Crippen LogP contribution in [-0.2, 0) is 17.6 Å². The highest BCUT2D eigenvalue weighted by Gasteiger charge is 2.20. The average Bonchev–Trinajstić information content (AvgIpc) is 2.67. The third-order valence-electron chi connectivity index (χ3n) is 3.61. The van der Waals surface area contributed by atoms with Crippen LogP contribution in [0.4, 0.5) is 10.6 Å². The second-order valence-corrected chi connectivity index (χ2v) is 5.19. The number of hydrogen-bond donors (Lipinski definition) is 1. The predicted octanol–water partition coefficient (Wildman–Crippen LogP) is 2.44. The molecule has 0 unspecified atom stereocenters. The standard InChI is InChI=1S/C14H23N3O3/c1-17(9-6-10-19-2)14(18)15-13-11-7-4-3-5-8-12(11)20-16-13/h3-10H2,1-2H3,(H,15,16,18). The number of nitrogens with zero attached hydrogens (tertiary/aromatic N) is 2. The van der Waals surface area contributed by atoms with Crippen molar-refractivity contribution >= 4 is 11.8 Å². The van der Waals surface area contributed by atoms with E-state index < -0.39 is 0 Å². The van der Waals surface area contributed by atoms with Gasteiger partial charge in [0.15, 0.2) is 5.82 Å². The lowest BCUT2D eigenvalue weighted by Crippen LogP contribution is -2.33. The van der Waals surface area contributed by atoms with Gasteiger partial charge in [-0.05, 0) is 25.7 Å². The third kappa shape index (κ3) is 3.72. The molecule has 0 aromatic carbocycles. The van der Waals surface area contributed by atoms with Crippen molar-refractivity contribution in [3.63, 3.8) is 0 Å². The number of amides is 2. The first kappa shape index (κ1) is 14.8. The van der Waals surface area contributed by atoms with Crippen molar-refractivity contribution in [1.82, 2.24) is 10.1 Å². The van der Waals surface area contributed by atoms with Gasteiger partial charge in [0.05, 0.1) is 0 Å². The predicted molar refractivity (Wildman–Crippen MR) is 75.9 cm³/mol. The highest BCUT2D eigenvalue weighted by molar-refractivity contribution is 5.88. The maximum atomic E-state index is 12.1. The molecule has 2 rings (SSSR count). The molecule has 6 nitrogen and oxygen atoms in total. The molecule has 112 valence electrons. The molecular weight excluding hydrogens is 258 g/mol. The van der Waals surface area contributed by atoms with Gasteiger partial charge < -0.3 is 14.2 Å². The Morgan fingerprint density at radius 1 is 1.40 bits per heavy atom. The summed E-state index contributed by atoms with van der Waals surface area (Å²) < 4.78 is 10.3. The van der Waals surface area contributed by atoms with E-state index in [0.29, 0.717) is 19.0 Å². The van der Waals surface area contributed by atoms with Gasteiger partial charge in [0.25, 0.3) is 0 Å². The summed E-state index contributed by atoms with van der Waals surface area (Å²) in [5.41, 5.74) is 1.07. The Morgan fingerprint density at radius 2 is 2.20 bits per heavy atom. The molecule has 0 fully saturated rings. The first-order valence-electron chi connectivity index (χ1n) is 7.21. The molecule has 1 N–H and O–H groups in total. The van der Waals surface area contributed by atoms with Crippen molar-refractivity contribution in [2.75, 3.05) is 32.6 Å². The normalized spacial score (nSPS) is 14.5. The number of urea groups is 1. The second kappa shape index (κ2) is 7.28. The number of anilines is 1. The summed E-state index contributed by atoms with van der Waals surface area (Å²) in [6.07, 6.45) is 6.13. The highest BCUT2D eigenvalue weighted by atomic mass is 16.5. The minimum absolute atomic E-state index is 0.151. The Morgan fingerprint density at radius 3 is 3.00 bits per heavy atom. The Labute approximate surface area is 119 Å². The van der Waals surface area contributed by atoms with Crippen LogP contribution in [0.25, 0.3) is 0 Å².